The molecule has 0 heterocycles. The van der Waals surface area contributed by atoms with Crippen LogP contribution in [0.15, 0.2) is 48.5 Å². The summed E-state index contributed by atoms with van der Waals surface area (Å²) in [6.07, 6.45) is 0. The SMILES string of the molecule is O=C(CSCC(=O)c1ccc(Cl)cc1)c1ccc(Cl)cc1. The molecule has 0 saturated heterocycles. The Kier molecular flexibility index (Phi) is 5.85. The average molecular weight is 339 g/mol. The minimum Gasteiger partial charge on any atom is -0.293 e. The first-order valence-electron chi connectivity index (χ1n) is 6.21. The molecule has 108 valence electrons. The Morgan fingerprint density at radius 3 is 1.38 bits per heavy atom. The zero-order chi connectivity index (χ0) is 15.2. The second-order valence-corrected chi connectivity index (χ2v) is 6.21. The lowest BCUT2D eigenvalue weighted by Crippen LogP contribution is -2.07. The van der Waals surface area contributed by atoms with E-state index >= 15 is 0 Å². The van der Waals surface area contributed by atoms with Gasteiger partial charge < -0.3 is 0 Å². The fraction of sp³-hybridized carbons (Fsp3) is 0.125. The molecular weight excluding hydrogens is 327 g/mol. The molecule has 2 rings (SSSR count). The van der Waals surface area contributed by atoms with Gasteiger partial charge in [-0.2, -0.15) is 0 Å². The lowest BCUT2D eigenvalue weighted by molar-refractivity contribution is 0.102. The number of ketones is 2. The van der Waals surface area contributed by atoms with Crippen LogP contribution < -0.4 is 0 Å². The number of halogens is 2. The van der Waals surface area contributed by atoms with E-state index in [9.17, 15) is 9.59 Å². The number of benzene rings is 2. The molecule has 0 aliphatic carbocycles. The van der Waals surface area contributed by atoms with Gasteiger partial charge in [0.2, 0.25) is 0 Å². The summed E-state index contributed by atoms with van der Waals surface area (Å²) in [7, 11) is 0. The highest BCUT2D eigenvalue weighted by Crippen LogP contribution is 2.15. The van der Waals surface area contributed by atoms with E-state index in [-0.39, 0.29) is 23.1 Å². The maximum atomic E-state index is 11.9. The molecule has 0 fully saturated rings. The van der Waals surface area contributed by atoms with E-state index < -0.39 is 0 Å². The van der Waals surface area contributed by atoms with Gasteiger partial charge in [0.15, 0.2) is 11.6 Å². The predicted octanol–water partition coefficient (Wildman–Crippen LogP) is 4.79. The number of hydrogen-bond donors (Lipinski definition) is 0. The van der Waals surface area contributed by atoms with Crippen LogP contribution in [-0.2, 0) is 0 Å². The van der Waals surface area contributed by atoms with Gasteiger partial charge in [0.25, 0.3) is 0 Å². The average Bonchev–Trinajstić information content (AvgIpc) is 2.48. The summed E-state index contributed by atoms with van der Waals surface area (Å²) in [6.45, 7) is 0. The molecule has 2 nitrogen and oxygen atoms in total. The molecular formula is C16H12Cl2O2S. The van der Waals surface area contributed by atoms with Gasteiger partial charge in [0.05, 0.1) is 11.5 Å². The number of hydrogen-bond acceptors (Lipinski definition) is 3. The van der Waals surface area contributed by atoms with Gasteiger partial charge in [-0.15, -0.1) is 11.8 Å². The molecule has 0 spiro atoms. The first kappa shape index (κ1) is 16.1. The van der Waals surface area contributed by atoms with E-state index in [1.807, 2.05) is 0 Å². The number of carbonyl (C=O) groups is 2. The van der Waals surface area contributed by atoms with Crippen molar-refractivity contribution in [3.05, 3.63) is 69.7 Å². The van der Waals surface area contributed by atoms with E-state index in [1.54, 1.807) is 48.5 Å². The zero-order valence-corrected chi connectivity index (χ0v) is 13.3. The molecule has 2 aromatic rings. The quantitative estimate of drug-likeness (QED) is 0.710. The molecule has 21 heavy (non-hydrogen) atoms. The molecule has 0 saturated carbocycles. The van der Waals surface area contributed by atoms with Gasteiger partial charge in [-0.1, -0.05) is 23.2 Å². The summed E-state index contributed by atoms with van der Waals surface area (Å²) in [5.74, 6) is 0.503. The van der Waals surface area contributed by atoms with Crippen LogP contribution in [0.25, 0.3) is 0 Å². The number of thioether (sulfide) groups is 1. The van der Waals surface area contributed by atoms with Crippen molar-refractivity contribution in [2.75, 3.05) is 11.5 Å². The fourth-order valence-corrected chi connectivity index (χ4v) is 2.73. The van der Waals surface area contributed by atoms with E-state index in [2.05, 4.69) is 0 Å². The van der Waals surface area contributed by atoms with Gasteiger partial charge in [0.1, 0.15) is 0 Å². The topological polar surface area (TPSA) is 34.1 Å². The maximum absolute atomic E-state index is 11.9. The molecule has 0 aromatic heterocycles. The molecule has 0 bridgehead atoms. The Morgan fingerprint density at radius 1 is 0.714 bits per heavy atom. The highest BCUT2D eigenvalue weighted by molar-refractivity contribution is 8.00. The van der Waals surface area contributed by atoms with Crippen molar-refractivity contribution in [3.63, 3.8) is 0 Å². The summed E-state index contributed by atoms with van der Waals surface area (Å²) >= 11 is 12.8. The first-order chi connectivity index (χ1) is 10.1. The smallest absolute Gasteiger partial charge is 0.172 e. The fourth-order valence-electron chi connectivity index (χ4n) is 1.67. The van der Waals surface area contributed by atoms with E-state index in [4.69, 9.17) is 23.2 Å². The number of Topliss-reactive ketones (excluding diaryl/α,β-unsaturated/α-hetero) is 2. The molecule has 0 unspecified atom stereocenters. The highest BCUT2D eigenvalue weighted by atomic mass is 35.5. The van der Waals surface area contributed by atoms with Crippen molar-refractivity contribution >= 4 is 46.5 Å². The van der Waals surface area contributed by atoms with Crippen molar-refractivity contribution in [1.29, 1.82) is 0 Å². The van der Waals surface area contributed by atoms with Crippen LogP contribution >= 0.6 is 35.0 Å². The van der Waals surface area contributed by atoms with Crippen LogP contribution in [0.1, 0.15) is 20.7 Å². The minimum absolute atomic E-state index is 0.0134. The molecule has 5 heteroatoms. The monoisotopic (exact) mass is 338 g/mol. The van der Waals surface area contributed by atoms with Crippen molar-refractivity contribution in [3.8, 4) is 0 Å². The Bertz CT molecular complexity index is 579. The molecule has 0 radical (unpaired) electrons. The summed E-state index contributed by atoms with van der Waals surface area (Å²) in [6, 6.07) is 13.5. The van der Waals surface area contributed by atoms with E-state index in [0.717, 1.165) is 0 Å². The lowest BCUT2D eigenvalue weighted by atomic mass is 10.1. The third kappa shape index (κ3) is 4.88. The third-order valence-corrected chi connectivity index (χ3v) is 4.24. The minimum atomic E-state index is -0.0134. The summed E-state index contributed by atoms with van der Waals surface area (Å²) < 4.78 is 0. The first-order valence-corrected chi connectivity index (χ1v) is 8.12. The van der Waals surface area contributed by atoms with Crippen LogP contribution in [-0.4, -0.2) is 23.1 Å². The largest absolute Gasteiger partial charge is 0.293 e. The summed E-state index contributed by atoms with van der Waals surface area (Å²) in [5.41, 5.74) is 1.21. The maximum Gasteiger partial charge on any atom is 0.172 e. The van der Waals surface area contributed by atoms with E-state index in [1.165, 1.54) is 11.8 Å². The normalized spacial score (nSPS) is 10.4. The van der Waals surface area contributed by atoms with Crippen LogP contribution in [0.4, 0.5) is 0 Å². The highest BCUT2D eigenvalue weighted by Gasteiger charge is 2.09. The molecule has 0 amide bonds. The second-order valence-electron chi connectivity index (χ2n) is 4.35. The van der Waals surface area contributed by atoms with Gasteiger partial charge in [-0.25, -0.2) is 0 Å². The van der Waals surface area contributed by atoms with Crippen LogP contribution in [0, 0.1) is 0 Å². The van der Waals surface area contributed by atoms with Crippen molar-refractivity contribution in [2.45, 2.75) is 0 Å². The lowest BCUT2D eigenvalue weighted by Gasteiger charge is -2.02. The number of carbonyl (C=O) groups excluding carboxylic acids is 2. The molecule has 0 aliphatic heterocycles. The van der Waals surface area contributed by atoms with Crippen molar-refractivity contribution < 1.29 is 9.59 Å². The molecule has 0 N–H and O–H groups in total. The van der Waals surface area contributed by atoms with Gasteiger partial charge >= 0.3 is 0 Å². The summed E-state index contributed by atoms with van der Waals surface area (Å²) in [4.78, 5) is 23.9. The standard InChI is InChI=1S/C16H12Cl2O2S/c17-13-5-1-11(2-6-13)15(19)9-21-10-16(20)12-3-7-14(18)8-4-12/h1-8H,9-10H2. The third-order valence-electron chi connectivity index (χ3n) is 2.80. The van der Waals surface area contributed by atoms with E-state index in [0.29, 0.717) is 21.2 Å². The van der Waals surface area contributed by atoms with Crippen LogP contribution in [0.3, 0.4) is 0 Å². The number of rotatable bonds is 6. The Labute approximate surface area is 137 Å². The predicted molar refractivity (Wildman–Crippen MR) is 88.9 cm³/mol. The Hall–Kier alpha value is -1.29. The van der Waals surface area contributed by atoms with Gasteiger partial charge in [-0.3, -0.25) is 9.59 Å². The molecule has 0 aliphatic rings. The van der Waals surface area contributed by atoms with Gasteiger partial charge in [0, 0.05) is 21.2 Å². The molecule has 0 atom stereocenters. The molecule has 2 aromatic carbocycles. The van der Waals surface area contributed by atoms with Crippen molar-refractivity contribution in [2.24, 2.45) is 0 Å². The van der Waals surface area contributed by atoms with Crippen molar-refractivity contribution in [1.82, 2.24) is 0 Å². The zero-order valence-electron chi connectivity index (χ0n) is 11.0. The van der Waals surface area contributed by atoms with Gasteiger partial charge in [-0.05, 0) is 48.5 Å². The van der Waals surface area contributed by atoms with Crippen LogP contribution in [0.5, 0.6) is 0 Å². The van der Waals surface area contributed by atoms with Crippen LogP contribution in [0.2, 0.25) is 10.0 Å². The second kappa shape index (κ2) is 7.64. The Morgan fingerprint density at radius 2 is 1.05 bits per heavy atom. The Balaban J connectivity index is 1.83. The summed E-state index contributed by atoms with van der Waals surface area (Å²) in [5, 5.41) is 1.19.